The van der Waals surface area contributed by atoms with Gasteiger partial charge in [-0.25, -0.2) is 0 Å². The second kappa shape index (κ2) is 6.92. The molecule has 20 heavy (non-hydrogen) atoms. The smallest absolute Gasteiger partial charge is 0.0366 e. The number of hydrogen-bond acceptors (Lipinski definition) is 2. The van der Waals surface area contributed by atoms with Gasteiger partial charge in [0.05, 0.1) is 0 Å². The normalized spacial score (nSPS) is 16.7. The van der Waals surface area contributed by atoms with Gasteiger partial charge >= 0.3 is 0 Å². The monoisotopic (exact) mass is 272 g/mol. The summed E-state index contributed by atoms with van der Waals surface area (Å²) in [6, 6.07) is 8.79. The van der Waals surface area contributed by atoms with Gasteiger partial charge in [-0.15, -0.1) is 0 Å². The molecule has 0 aliphatic carbocycles. The number of benzene rings is 1. The molecule has 0 amide bonds. The van der Waals surface area contributed by atoms with Crippen molar-refractivity contribution in [3.63, 3.8) is 0 Å². The van der Waals surface area contributed by atoms with Crippen LogP contribution < -0.4 is 4.90 Å². The highest BCUT2D eigenvalue weighted by Gasteiger charge is 2.20. The first-order valence-electron chi connectivity index (χ1n) is 7.92. The predicted octanol–water partition coefficient (Wildman–Crippen LogP) is 4.53. The molecule has 1 saturated heterocycles. The molecule has 1 aromatic rings. The summed E-state index contributed by atoms with van der Waals surface area (Å²) in [5, 5.41) is 7.55. The average Bonchev–Trinajstić information content (AvgIpc) is 2.39. The zero-order valence-corrected chi connectivity index (χ0v) is 13.2. The summed E-state index contributed by atoms with van der Waals surface area (Å²) in [5.74, 6) is 1.75. The van der Waals surface area contributed by atoms with Crippen molar-refractivity contribution in [3.05, 3.63) is 29.8 Å². The molecule has 2 nitrogen and oxygen atoms in total. The van der Waals surface area contributed by atoms with Gasteiger partial charge in [0.15, 0.2) is 0 Å². The van der Waals surface area contributed by atoms with E-state index in [9.17, 15) is 0 Å². The lowest BCUT2D eigenvalue weighted by molar-refractivity contribution is 0.338. The number of nitrogens with zero attached hydrogens (tertiary/aromatic N) is 1. The Morgan fingerprint density at radius 2 is 1.80 bits per heavy atom. The Morgan fingerprint density at radius 1 is 1.20 bits per heavy atom. The van der Waals surface area contributed by atoms with Crippen LogP contribution in [0.5, 0.6) is 0 Å². The minimum absolute atomic E-state index is 0.729. The molecule has 2 rings (SSSR count). The van der Waals surface area contributed by atoms with Crippen molar-refractivity contribution >= 4 is 11.4 Å². The minimum Gasteiger partial charge on any atom is -0.372 e. The fourth-order valence-corrected chi connectivity index (χ4v) is 3.22. The van der Waals surface area contributed by atoms with Crippen LogP contribution in [0, 0.1) is 17.2 Å². The van der Waals surface area contributed by atoms with E-state index in [1.165, 1.54) is 43.6 Å². The summed E-state index contributed by atoms with van der Waals surface area (Å²) >= 11 is 0. The predicted molar refractivity (Wildman–Crippen MR) is 87.9 cm³/mol. The van der Waals surface area contributed by atoms with Crippen molar-refractivity contribution in [3.8, 4) is 0 Å². The lowest BCUT2D eigenvalue weighted by Gasteiger charge is -2.34. The standard InChI is InChI=1S/C18H28N2/c1-14(2)12-17-8-10-20(11-9-17)18-6-4-16(5-7-18)13-15(3)19/h4-7,14,17,19H,8-13H2,1-3H3. The van der Waals surface area contributed by atoms with E-state index in [0.29, 0.717) is 0 Å². The van der Waals surface area contributed by atoms with E-state index in [1.807, 2.05) is 6.92 Å². The van der Waals surface area contributed by atoms with E-state index in [2.05, 4.69) is 43.0 Å². The van der Waals surface area contributed by atoms with Crippen LogP contribution in [0.2, 0.25) is 0 Å². The summed E-state index contributed by atoms with van der Waals surface area (Å²) in [7, 11) is 0. The zero-order chi connectivity index (χ0) is 14.5. The van der Waals surface area contributed by atoms with Crippen molar-refractivity contribution in [2.24, 2.45) is 11.8 Å². The molecule has 1 N–H and O–H groups in total. The van der Waals surface area contributed by atoms with Crippen molar-refractivity contribution in [2.75, 3.05) is 18.0 Å². The molecule has 110 valence electrons. The molecule has 0 unspecified atom stereocenters. The Labute approximate surface area is 123 Å². The lowest BCUT2D eigenvalue weighted by Crippen LogP contribution is -2.34. The third kappa shape index (κ3) is 4.36. The SMILES string of the molecule is CC(=N)Cc1ccc(N2CCC(CC(C)C)CC2)cc1. The van der Waals surface area contributed by atoms with Crippen molar-refractivity contribution in [1.29, 1.82) is 5.41 Å². The molecule has 0 aromatic heterocycles. The number of piperidine rings is 1. The molecule has 0 radical (unpaired) electrons. The Balaban J connectivity index is 1.88. The van der Waals surface area contributed by atoms with Crippen LogP contribution >= 0.6 is 0 Å². The quantitative estimate of drug-likeness (QED) is 0.783. The van der Waals surface area contributed by atoms with Crippen molar-refractivity contribution in [2.45, 2.75) is 46.5 Å². The maximum absolute atomic E-state index is 7.55. The first kappa shape index (κ1) is 15.1. The summed E-state index contributed by atoms with van der Waals surface area (Å²) in [5.41, 5.74) is 3.32. The highest BCUT2D eigenvalue weighted by Crippen LogP contribution is 2.27. The van der Waals surface area contributed by atoms with E-state index < -0.39 is 0 Å². The fourth-order valence-electron chi connectivity index (χ4n) is 3.22. The van der Waals surface area contributed by atoms with Crippen LogP contribution in [0.1, 0.15) is 45.6 Å². The minimum atomic E-state index is 0.729. The molecule has 1 aromatic carbocycles. The maximum atomic E-state index is 7.55. The topological polar surface area (TPSA) is 27.1 Å². The molecule has 0 spiro atoms. The second-order valence-corrected chi connectivity index (χ2v) is 6.68. The van der Waals surface area contributed by atoms with Gasteiger partial charge in [-0.2, -0.15) is 0 Å². The molecule has 0 bridgehead atoms. The molecule has 0 saturated carbocycles. The number of rotatable bonds is 5. The third-order valence-corrected chi connectivity index (χ3v) is 4.19. The Bertz CT molecular complexity index is 425. The van der Waals surface area contributed by atoms with Gasteiger partial charge in [0, 0.05) is 30.9 Å². The maximum Gasteiger partial charge on any atom is 0.0366 e. The molecule has 1 heterocycles. The Morgan fingerprint density at radius 3 is 2.30 bits per heavy atom. The Kier molecular flexibility index (Phi) is 5.22. The highest BCUT2D eigenvalue weighted by molar-refractivity contribution is 5.81. The van der Waals surface area contributed by atoms with Gasteiger partial charge in [0.25, 0.3) is 0 Å². The molecule has 0 atom stereocenters. The number of hydrogen-bond donors (Lipinski definition) is 1. The van der Waals surface area contributed by atoms with E-state index in [-0.39, 0.29) is 0 Å². The Hall–Kier alpha value is -1.31. The zero-order valence-electron chi connectivity index (χ0n) is 13.2. The number of anilines is 1. The van der Waals surface area contributed by atoms with Gasteiger partial charge in [0.1, 0.15) is 0 Å². The molecule has 1 fully saturated rings. The second-order valence-electron chi connectivity index (χ2n) is 6.68. The van der Waals surface area contributed by atoms with Gasteiger partial charge in [-0.1, -0.05) is 26.0 Å². The van der Waals surface area contributed by atoms with Crippen LogP contribution in [0.15, 0.2) is 24.3 Å². The van der Waals surface area contributed by atoms with Crippen LogP contribution in [0.4, 0.5) is 5.69 Å². The molecular formula is C18H28N2. The molecule has 1 aliphatic rings. The van der Waals surface area contributed by atoms with Gasteiger partial charge in [-0.3, -0.25) is 0 Å². The van der Waals surface area contributed by atoms with E-state index in [4.69, 9.17) is 5.41 Å². The van der Waals surface area contributed by atoms with Crippen molar-refractivity contribution in [1.82, 2.24) is 0 Å². The van der Waals surface area contributed by atoms with Gasteiger partial charge < -0.3 is 10.3 Å². The summed E-state index contributed by atoms with van der Waals surface area (Å²) in [6.07, 6.45) is 4.82. The van der Waals surface area contributed by atoms with E-state index in [1.54, 1.807) is 0 Å². The van der Waals surface area contributed by atoms with E-state index in [0.717, 1.165) is 24.0 Å². The van der Waals surface area contributed by atoms with Gasteiger partial charge in [0.2, 0.25) is 0 Å². The van der Waals surface area contributed by atoms with Crippen LogP contribution in [0.3, 0.4) is 0 Å². The summed E-state index contributed by atoms with van der Waals surface area (Å²) < 4.78 is 0. The van der Waals surface area contributed by atoms with Crippen LogP contribution in [-0.4, -0.2) is 18.8 Å². The summed E-state index contributed by atoms with van der Waals surface area (Å²) in [6.45, 7) is 8.92. The third-order valence-electron chi connectivity index (χ3n) is 4.19. The van der Waals surface area contributed by atoms with E-state index >= 15 is 0 Å². The van der Waals surface area contributed by atoms with Crippen molar-refractivity contribution < 1.29 is 0 Å². The molecule has 2 heteroatoms. The number of nitrogens with one attached hydrogen (secondary N) is 1. The van der Waals surface area contributed by atoms with Crippen LogP contribution in [-0.2, 0) is 6.42 Å². The first-order valence-corrected chi connectivity index (χ1v) is 7.92. The highest BCUT2D eigenvalue weighted by atomic mass is 15.1. The first-order chi connectivity index (χ1) is 9.54. The molecule has 1 aliphatic heterocycles. The lowest BCUT2D eigenvalue weighted by atomic mass is 9.88. The summed E-state index contributed by atoms with van der Waals surface area (Å²) in [4.78, 5) is 2.51. The average molecular weight is 272 g/mol. The molecular weight excluding hydrogens is 244 g/mol. The largest absolute Gasteiger partial charge is 0.372 e. The van der Waals surface area contributed by atoms with Gasteiger partial charge in [-0.05, 0) is 55.7 Å². The van der Waals surface area contributed by atoms with Crippen LogP contribution in [0.25, 0.3) is 0 Å². The fraction of sp³-hybridized carbons (Fsp3) is 0.611.